The number of likely N-dealkylation sites (tertiary alicyclic amines) is 1. The third-order valence-electron chi connectivity index (χ3n) is 10.1. The van der Waals surface area contributed by atoms with Crippen molar-refractivity contribution in [3.63, 3.8) is 0 Å². The first-order valence-electron chi connectivity index (χ1n) is 20.1. The largest absolute Gasteiger partial charge is 0.493 e. The number of hydrogen-bond acceptors (Lipinski definition) is 11. The van der Waals surface area contributed by atoms with Gasteiger partial charge in [0.25, 0.3) is 18.2 Å². The summed E-state index contributed by atoms with van der Waals surface area (Å²) in [5.41, 5.74) is 7.21. The van der Waals surface area contributed by atoms with Crippen LogP contribution in [-0.4, -0.2) is 144 Å². The van der Waals surface area contributed by atoms with E-state index in [1.807, 2.05) is 50.2 Å². The van der Waals surface area contributed by atoms with Crippen LogP contribution in [0.25, 0.3) is 11.3 Å². The number of amides is 2. The van der Waals surface area contributed by atoms with Crippen molar-refractivity contribution in [2.75, 3.05) is 110 Å². The summed E-state index contributed by atoms with van der Waals surface area (Å²) in [6.45, 7) is 12.0. The molecule has 0 bridgehead atoms. The Balaban J connectivity index is 1.21. The van der Waals surface area contributed by atoms with Crippen LogP contribution in [0.3, 0.4) is 0 Å². The average molecular weight is 831 g/mol. The second-order valence-electron chi connectivity index (χ2n) is 14.0. The summed E-state index contributed by atoms with van der Waals surface area (Å²) in [6, 6.07) is 15.0. The quantitative estimate of drug-likeness (QED) is 0.120. The number of nitrogens with one attached hydrogen (secondary N) is 1. The molecule has 2 unspecified atom stereocenters. The van der Waals surface area contributed by atoms with Gasteiger partial charge in [0, 0.05) is 79.6 Å². The fourth-order valence-electron chi connectivity index (χ4n) is 7.19. The van der Waals surface area contributed by atoms with Crippen LogP contribution in [0.4, 0.5) is 14.5 Å². The average Bonchev–Trinajstić information content (AvgIpc) is 3.68. The summed E-state index contributed by atoms with van der Waals surface area (Å²) in [5.74, 6) is -0.111. The fourth-order valence-corrected chi connectivity index (χ4v) is 7.37. The summed E-state index contributed by atoms with van der Waals surface area (Å²) < 4.78 is 55.8. The summed E-state index contributed by atoms with van der Waals surface area (Å²) in [7, 11) is 0. The first kappa shape index (κ1) is 45.1. The third-order valence-corrected chi connectivity index (χ3v) is 10.4. The van der Waals surface area contributed by atoms with Crippen LogP contribution in [0.1, 0.15) is 59.5 Å². The van der Waals surface area contributed by atoms with E-state index in [9.17, 15) is 18.4 Å². The molecule has 318 valence electrons. The van der Waals surface area contributed by atoms with Gasteiger partial charge in [-0.2, -0.15) is 0 Å². The highest BCUT2D eigenvalue weighted by Crippen LogP contribution is 2.34. The van der Waals surface area contributed by atoms with Crippen molar-refractivity contribution in [1.82, 2.24) is 20.1 Å². The SMILES string of the molecule is CCOc1ccccc1-c1ccc(N2CCN(C(=O)c3ccc(Cl)cc3C(F)F)CC2CC)c(C(=O)NC2CCN(CCOCCOCCOCCOCCN)C2)n1. The van der Waals surface area contributed by atoms with E-state index in [-0.39, 0.29) is 52.9 Å². The Hall–Kier alpha value is -3.96. The van der Waals surface area contributed by atoms with Gasteiger partial charge in [-0.15, -0.1) is 0 Å². The van der Waals surface area contributed by atoms with Crippen LogP contribution in [0.15, 0.2) is 54.6 Å². The van der Waals surface area contributed by atoms with Crippen LogP contribution in [-0.2, 0) is 18.9 Å². The number of anilines is 1. The summed E-state index contributed by atoms with van der Waals surface area (Å²) in [5, 5.41) is 3.38. The smallest absolute Gasteiger partial charge is 0.272 e. The van der Waals surface area contributed by atoms with Crippen molar-refractivity contribution in [3.8, 4) is 17.0 Å². The van der Waals surface area contributed by atoms with Crippen molar-refractivity contribution in [1.29, 1.82) is 0 Å². The summed E-state index contributed by atoms with van der Waals surface area (Å²) in [6.07, 6.45) is -1.44. The van der Waals surface area contributed by atoms with Crippen LogP contribution in [0, 0.1) is 0 Å². The molecule has 13 nitrogen and oxygen atoms in total. The molecule has 58 heavy (non-hydrogen) atoms. The Bertz CT molecular complexity index is 1760. The second-order valence-corrected chi connectivity index (χ2v) is 14.5. The van der Waals surface area contributed by atoms with Gasteiger partial charge in [-0.3, -0.25) is 14.5 Å². The minimum absolute atomic E-state index is 0.0636. The molecule has 0 aliphatic carbocycles. The number of rotatable bonds is 23. The molecule has 2 saturated heterocycles. The molecule has 2 aliphatic rings. The van der Waals surface area contributed by atoms with Gasteiger partial charge in [-0.05, 0) is 62.2 Å². The monoisotopic (exact) mass is 830 g/mol. The molecule has 0 radical (unpaired) electrons. The number of halogens is 3. The molecule has 3 N–H and O–H groups in total. The van der Waals surface area contributed by atoms with Gasteiger partial charge in [-0.1, -0.05) is 30.7 Å². The zero-order valence-electron chi connectivity index (χ0n) is 33.5. The Morgan fingerprint density at radius 3 is 2.29 bits per heavy atom. The molecule has 0 spiro atoms. The molecule has 5 rings (SSSR count). The number of benzene rings is 2. The molecule has 1 aromatic heterocycles. The van der Waals surface area contributed by atoms with Crippen LogP contribution in [0.2, 0.25) is 5.02 Å². The van der Waals surface area contributed by atoms with Crippen molar-refractivity contribution < 1.29 is 42.1 Å². The van der Waals surface area contributed by atoms with E-state index in [2.05, 4.69) is 15.1 Å². The number of ether oxygens (including phenoxy) is 5. The topological polar surface area (TPSA) is 141 Å². The lowest BCUT2D eigenvalue weighted by Gasteiger charge is -2.43. The molecule has 3 heterocycles. The van der Waals surface area contributed by atoms with E-state index in [1.54, 1.807) is 4.90 Å². The van der Waals surface area contributed by atoms with Gasteiger partial charge in [0.05, 0.1) is 70.8 Å². The van der Waals surface area contributed by atoms with E-state index in [0.717, 1.165) is 31.1 Å². The number of hydrogen-bond donors (Lipinski definition) is 2. The van der Waals surface area contributed by atoms with E-state index in [1.165, 1.54) is 12.1 Å². The van der Waals surface area contributed by atoms with Crippen molar-refractivity contribution in [2.45, 2.75) is 45.2 Å². The van der Waals surface area contributed by atoms with Gasteiger partial charge in [0.1, 0.15) is 5.75 Å². The number of carbonyl (C=O) groups excluding carboxylic acids is 2. The minimum Gasteiger partial charge on any atom is -0.493 e. The molecule has 0 saturated carbocycles. The Kier molecular flexibility index (Phi) is 18.4. The zero-order chi connectivity index (χ0) is 41.3. The van der Waals surface area contributed by atoms with E-state index >= 15 is 0 Å². The molecule has 2 fully saturated rings. The van der Waals surface area contributed by atoms with Crippen LogP contribution >= 0.6 is 11.6 Å². The van der Waals surface area contributed by atoms with Crippen molar-refractivity contribution in [2.24, 2.45) is 5.73 Å². The lowest BCUT2D eigenvalue weighted by Crippen LogP contribution is -2.55. The molecule has 16 heteroatoms. The number of piperazine rings is 1. The number of nitrogens with two attached hydrogens (primary N) is 1. The van der Waals surface area contributed by atoms with Gasteiger partial charge < -0.3 is 44.5 Å². The minimum atomic E-state index is -2.85. The number of carbonyl (C=O) groups is 2. The summed E-state index contributed by atoms with van der Waals surface area (Å²) >= 11 is 5.99. The number of para-hydroxylation sites is 1. The van der Waals surface area contributed by atoms with Gasteiger partial charge in [0.15, 0.2) is 5.69 Å². The van der Waals surface area contributed by atoms with Crippen molar-refractivity contribution >= 4 is 29.1 Å². The highest BCUT2D eigenvalue weighted by Gasteiger charge is 2.34. The van der Waals surface area contributed by atoms with Gasteiger partial charge in [0.2, 0.25) is 0 Å². The highest BCUT2D eigenvalue weighted by atomic mass is 35.5. The summed E-state index contributed by atoms with van der Waals surface area (Å²) in [4.78, 5) is 38.8. The molecular formula is C42H57ClF2N6O7. The Labute approximate surface area is 345 Å². The maximum absolute atomic E-state index is 14.3. The van der Waals surface area contributed by atoms with Crippen molar-refractivity contribution in [3.05, 3.63) is 76.4 Å². The number of alkyl halides is 2. The predicted molar refractivity (Wildman–Crippen MR) is 219 cm³/mol. The first-order valence-corrected chi connectivity index (χ1v) is 20.5. The number of pyridine rings is 1. The highest BCUT2D eigenvalue weighted by molar-refractivity contribution is 6.30. The second kappa shape index (κ2) is 23.6. The van der Waals surface area contributed by atoms with Gasteiger partial charge in [-0.25, -0.2) is 13.8 Å². The predicted octanol–water partition coefficient (Wildman–Crippen LogP) is 5.31. The number of aromatic nitrogens is 1. The zero-order valence-corrected chi connectivity index (χ0v) is 34.3. The van der Waals surface area contributed by atoms with E-state index in [0.29, 0.717) is 103 Å². The Morgan fingerprint density at radius 1 is 0.897 bits per heavy atom. The number of nitrogens with zero attached hydrogens (tertiary/aromatic N) is 4. The molecule has 2 aromatic carbocycles. The Morgan fingerprint density at radius 2 is 1.60 bits per heavy atom. The van der Waals surface area contributed by atoms with Crippen LogP contribution in [0.5, 0.6) is 5.75 Å². The third kappa shape index (κ3) is 12.8. The lowest BCUT2D eigenvalue weighted by molar-refractivity contribution is -0.00267. The molecule has 2 aliphatic heterocycles. The van der Waals surface area contributed by atoms with Crippen LogP contribution < -0.4 is 20.7 Å². The van der Waals surface area contributed by atoms with E-state index in [4.69, 9.17) is 46.0 Å². The lowest BCUT2D eigenvalue weighted by atomic mass is 10.0. The molecular weight excluding hydrogens is 774 g/mol. The van der Waals surface area contributed by atoms with E-state index < -0.39 is 12.3 Å². The molecule has 3 aromatic rings. The first-order chi connectivity index (χ1) is 28.2. The van der Waals surface area contributed by atoms with Gasteiger partial charge >= 0.3 is 0 Å². The maximum atomic E-state index is 14.3. The molecule has 2 amide bonds. The molecule has 2 atom stereocenters. The normalized spacial score (nSPS) is 17.3. The maximum Gasteiger partial charge on any atom is 0.272 e. The fraction of sp³-hybridized carbons (Fsp3) is 0.548. The standard InChI is InChI=1S/C42H57ClF2N6O7/c1-3-32-29-50(42(53)33-10-9-30(43)27-35(33)40(44)45)16-17-51(32)37-12-11-36(34-7-5-6-8-38(34)58-4-2)48-39(37)41(52)47-31-13-15-49(28-31)18-20-55-22-24-57-26-25-56-23-21-54-19-14-46/h5-12,27,31-32,40H,3-4,13-26,28-29,46H2,1-2H3,(H,47,52).